The first-order valence-electron chi connectivity index (χ1n) is 5.49. The number of anilines is 3. The van der Waals surface area contributed by atoms with Crippen LogP contribution in [0.3, 0.4) is 0 Å². The normalized spacial score (nSPS) is 10.1. The Morgan fingerprint density at radius 2 is 2.00 bits per heavy atom. The minimum absolute atomic E-state index is 0.0223. The predicted molar refractivity (Wildman–Crippen MR) is 70.5 cm³/mol. The molecular formula is C14H13FN2O. The number of halogens is 1. The summed E-state index contributed by atoms with van der Waals surface area (Å²) in [6.45, 7) is 1.50. The summed E-state index contributed by atoms with van der Waals surface area (Å²) < 4.78 is 13.1. The lowest BCUT2D eigenvalue weighted by Crippen LogP contribution is -1.98. The average Bonchev–Trinajstić information content (AvgIpc) is 2.34. The zero-order valence-electron chi connectivity index (χ0n) is 9.91. The van der Waals surface area contributed by atoms with Crippen LogP contribution in [0.1, 0.15) is 17.3 Å². The Bertz CT molecular complexity index is 596. The first-order chi connectivity index (χ1) is 8.56. The zero-order valence-corrected chi connectivity index (χ0v) is 9.91. The van der Waals surface area contributed by atoms with E-state index in [4.69, 9.17) is 5.73 Å². The largest absolute Gasteiger partial charge is 0.397 e. The fourth-order valence-electron chi connectivity index (χ4n) is 1.61. The van der Waals surface area contributed by atoms with Crippen molar-refractivity contribution in [1.29, 1.82) is 0 Å². The Labute approximate surface area is 104 Å². The van der Waals surface area contributed by atoms with E-state index in [2.05, 4.69) is 5.32 Å². The van der Waals surface area contributed by atoms with Crippen molar-refractivity contribution in [1.82, 2.24) is 0 Å². The van der Waals surface area contributed by atoms with Gasteiger partial charge >= 0.3 is 0 Å². The first-order valence-corrected chi connectivity index (χ1v) is 5.49. The number of hydrogen-bond donors (Lipinski definition) is 2. The molecule has 0 aliphatic heterocycles. The Hall–Kier alpha value is -2.36. The summed E-state index contributed by atoms with van der Waals surface area (Å²) in [6.07, 6.45) is 0. The molecule has 0 fully saturated rings. The number of nitrogens with two attached hydrogens (primary N) is 1. The van der Waals surface area contributed by atoms with Crippen LogP contribution in [-0.4, -0.2) is 5.78 Å². The van der Waals surface area contributed by atoms with Gasteiger partial charge < -0.3 is 11.1 Å². The number of rotatable bonds is 3. The molecule has 4 heteroatoms. The molecule has 0 aromatic heterocycles. The van der Waals surface area contributed by atoms with Crippen LogP contribution in [0.25, 0.3) is 0 Å². The van der Waals surface area contributed by atoms with Gasteiger partial charge in [-0.2, -0.15) is 0 Å². The number of Topliss-reactive ketones (excluding diaryl/α,β-unsaturated/α-hetero) is 1. The number of nitrogens with one attached hydrogen (secondary N) is 1. The molecule has 0 saturated carbocycles. The molecule has 92 valence electrons. The van der Waals surface area contributed by atoms with Crippen molar-refractivity contribution in [3.05, 3.63) is 53.8 Å². The maximum absolute atomic E-state index is 13.1. The molecule has 18 heavy (non-hydrogen) atoms. The van der Waals surface area contributed by atoms with E-state index in [0.29, 0.717) is 22.6 Å². The van der Waals surface area contributed by atoms with Gasteiger partial charge in [0.15, 0.2) is 5.78 Å². The molecule has 0 radical (unpaired) electrons. The molecule has 2 aromatic carbocycles. The quantitative estimate of drug-likeness (QED) is 0.643. The zero-order chi connectivity index (χ0) is 13.1. The second-order valence-electron chi connectivity index (χ2n) is 3.99. The molecule has 2 aromatic rings. The lowest BCUT2D eigenvalue weighted by molar-refractivity contribution is 0.101. The highest BCUT2D eigenvalue weighted by Crippen LogP contribution is 2.24. The van der Waals surface area contributed by atoms with Crippen molar-refractivity contribution in [2.24, 2.45) is 0 Å². The molecule has 3 nitrogen and oxygen atoms in total. The van der Waals surface area contributed by atoms with E-state index < -0.39 is 0 Å². The molecule has 0 atom stereocenters. The van der Waals surface area contributed by atoms with Gasteiger partial charge in [0.1, 0.15) is 5.82 Å². The van der Waals surface area contributed by atoms with E-state index in [1.54, 1.807) is 24.3 Å². The minimum atomic E-state index is -0.366. The number of carbonyl (C=O) groups is 1. The monoisotopic (exact) mass is 244 g/mol. The van der Waals surface area contributed by atoms with Crippen molar-refractivity contribution in [2.45, 2.75) is 6.92 Å². The summed E-state index contributed by atoms with van der Waals surface area (Å²) in [4.78, 5) is 11.3. The van der Waals surface area contributed by atoms with Crippen molar-refractivity contribution >= 4 is 22.8 Å². The smallest absolute Gasteiger partial charge is 0.159 e. The van der Waals surface area contributed by atoms with Gasteiger partial charge in [-0.3, -0.25) is 4.79 Å². The molecule has 0 aliphatic carbocycles. The molecule has 0 amide bonds. The summed E-state index contributed by atoms with van der Waals surface area (Å²) in [6, 6.07) is 11.1. The van der Waals surface area contributed by atoms with Crippen LogP contribution >= 0.6 is 0 Å². The topological polar surface area (TPSA) is 55.1 Å². The molecule has 0 bridgehead atoms. The van der Waals surface area contributed by atoms with Crippen molar-refractivity contribution in [3.63, 3.8) is 0 Å². The van der Waals surface area contributed by atoms with E-state index in [1.165, 1.54) is 25.1 Å². The van der Waals surface area contributed by atoms with Gasteiger partial charge in [0.25, 0.3) is 0 Å². The second kappa shape index (κ2) is 4.87. The van der Waals surface area contributed by atoms with Crippen LogP contribution in [0.15, 0.2) is 42.5 Å². The van der Waals surface area contributed by atoms with Gasteiger partial charge in [-0.25, -0.2) is 4.39 Å². The summed E-state index contributed by atoms with van der Waals surface area (Å²) in [7, 11) is 0. The summed E-state index contributed by atoms with van der Waals surface area (Å²) in [5.74, 6) is -0.389. The number of ketones is 1. The van der Waals surface area contributed by atoms with E-state index in [-0.39, 0.29) is 11.6 Å². The fraction of sp³-hybridized carbons (Fsp3) is 0.0714. The summed E-state index contributed by atoms with van der Waals surface area (Å²) in [5, 5.41) is 2.99. The van der Waals surface area contributed by atoms with Crippen molar-refractivity contribution in [2.75, 3.05) is 11.1 Å². The van der Waals surface area contributed by atoms with Crippen LogP contribution in [0.5, 0.6) is 0 Å². The Morgan fingerprint density at radius 1 is 1.22 bits per heavy atom. The average molecular weight is 244 g/mol. The molecule has 0 spiro atoms. The molecule has 3 N–H and O–H groups in total. The highest BCUT2D eigenvalue weighted by molar-refractivity contribution is 5.95. The maximum Gasteiger partial charge on any atom is 0.159 e. The van der Waals surface area contributed by atoms with E-state index in [0.717, 1.165) is 0 Å². The van der Waals surface area contributed by atoms with Gasteiger partial charge in [-0.15, -0.1) is 0 Å². The van der Waals surface area contributed by atoms with Crippen LogP contribution in [0.2, 0.25) is 0 Å². The fourth-order valence-corrected chi connectivity index (χ4v) is 1.61. The molecule has 0 heterocycles. The van der Waals surface area contributed by atoms with E-state index in [1.807, 2.05) is 0 Å². The summed E-state index contributed by atoms with van der Waals surface area (Å²) in [5.41, 5.74) is 7.96. The van der Waals surface area contributed by atoms with Crippen LogP contribution in [0.4, 0.5) is 21.5 Å². The third kappa shape index (κ3) is 2.66. The van der Waals surface area contributed by atoms with Gasteiger partial charge in [-0.1, -0.05) is 12.1 Å². The highest BCUT2D eigenvalue weighted by Gasteiger charge is 2.04. The third-order valence-corrected chi connectivity index (χ3v) is 2.56. The van der Waals surface area contributed by atoms with E-state index in [9.17, 15) is 9.18 Å². The van der Waals surface area contributed by atoms with Gasteiger partial charge in [-0.05, 0) is 37.3 Å². The number of carbonyl (C=O) groups excluding carboxylic acids is 1. The Balaban J connectivity index is 2.31. The van der Waals surface area contributed by atoms with Crippen LogP contribution in [-0.2, 0) is 0 Å². The van der Waals surface area contributed by atoms with E-state index >= 15 is 0 Å². The Morgan fingerprint density at radius 3 is 2.72 bits per heavy atom. The lowest BCUT2D eigenvalue weighted by Gasteiger charge is -2.10. The molecular weight excluding hydrogens is 231 g/mol. The standard InChI is InChI=1S/C14H13FN2O/c1-9(18)10-3-2-4-12(7-10)17-14-8-11(15)5-6-13(14)16/h2-8,17H,16H2,1H3. The van der Waals surface area contributed by atoms with Crippen LogP contribution < -0.4 is 11.1 Å². The maximum atomic E-state index is 13.1. The molecule has 2 rings (SSSR count). The number of benzene rings is 2. The predicted octanol–water partition coefficient (Wildman–Crippen LogP) is 3.35. The first kappa shape index (κ1) is 12.1. The van der Waals surface area contributed by atoms with Crippen molar-refractivity contribution < 1.29 is 9.18 Å². The number of nitrogen functional groups attached to an aromatic ring is 1. The van der Waals surface area contributed by atoms with Gasteiger partial charge in [0.2, 0.25) is 0 Å². The van der Waals surface area contributed by atoms with Gasteiger partial charge in [0, 0.05) is 11.3 Å². The van der Waals surface area contributed by atoms with Crippen molar-refractivity contribution in [3.8, 4) is 0 Å². The number of hydrogen-bond acceptors (Lipinski definition) is 3. The molecule has 0 aliphatic rings. The summed E-state index contributed by atoms with van der Waals surface area (Å²) >= 11 is 0. The second-order valence-corrected chi connectivity index (χ2v) is 3.99. The van der Waals surface area contributed by atoms with Crippen LogP contribution in [0, 0.1) is 5.82 Å². The Kier molecular flexibility index (Phi) is 3.28. The van der Waals surface area contributed by atoms with Gasteiger partial charge in [0.05, 0.1) is 11.4 Å². The third-order valence-electron chi connectivity index (χ3n) is 2.56. The lowest BCUT2D eigenvalue weighted by atomic mass is 10.1. The minimum Gasteiger partial charge on any atom is -0.397 e. The molecule has 0 unspecified atom stereocenters. The molecule has 0 saturated heterocycles. The SMILES string of the molecule is CC(=O)c1cccc(Nc2cc(F)ccc2N)c1. The highest BCUT2D eigenvalue weighted by atomic mass is 19.1.